The predicted octanol–water partition coefficient (Wildman–Crippen LogP) is 4.92. The zero-order valence-corrected chi connectivity index (χ0v) is 16.7. The van der Waals surface area contributed by atoms with Crippen LogP contribution < -0.4 is 0 Å². The molecule has 0 amide bonds. The third-order valence-electron chi connectivity index (χ3n) is 5.18. The van der Waals surface area contributed by atoms with Gasteiger partial charge in [0.1, 0.15) is 11.5 Å². The number of benzene rings is 2. The molecule has 2 aromatic heterocycles. The van der Waals surface area contributed by atoms with E-state index in [0.717, 1.165) is 47.3 Å². The number of aromatic nitrogens is 3. The Labute approximate surface area is 175 Å². The van der Waals surface area contributed by atoms with Crippen molar-refractivity contribution < 1.29 is 9.50 Å². The van der Waals surface area contributed by atoms with E-state index in [0.29, 0.717) is 6.54 Å². The first-order valence-corrected chi connectivity index (χ1v) is 10.2. The highest BCUT2D eigenvalue weighted by atomic mass is 19.1. The number of hydrogen-bond acceptors (Lipinski definition) is 3. The summed E-state index contributed by atoms with van der Waals surface area (Å²) in [4.78, 5) is 4.14. The van der Waals surface area contributed by atoms with Crippen molar-refractivity contribution in [3.05, 3.63) is 96.2 Å². The zero-order valence-electron chi connectivity index (χ0n) is 16.7. The largest absolute Gasteiger partial charge is 0.394 e. The second kappa shape index (κ2) is 9.46. The fourth-order valence-corrected chi connectivity index (χ4v) is 3.77. The van der Waals surface area contributed by atoms with E-state index in [1.165, 1.54) is 17.7 Å². The van der Waals surface area contributed by atoms with Crippen LogP contribution >= 0.6 is 0 Å². The van der Waals surface area contributed by atoms with E-state index in [1.807, 2.05) is 22.9 Å². The number of pyridine rings is 1. The molecule has 30 heavy (non-hydrogen) atoms. The Hall–Kier alpha value is -3.31. The highest BCUT2D eigenvalue weighted by molar-refractivity contribution is 5.82. The molecule has 5 heteroatoms. The Kier molecular flexibility index (Phi) is 6.30. The van der Waals surface area contributed by atoms with Gasteiger partial charge in [-0.2, -0.15) is 5.10 Å². The molecule has 4 rings (SSSR count). The fraction of sp³-hybridized carbons (Fsp3) is 0.200. The molecule has 2 heterocycles. The lowest BCUT2D eigenvalue weighted by molar-refractivity contribution is 0.267. The minimum absolute atomic E-state index is 0.00596. The molecule has 0 aliphatic heterocycles. The van der Waals surface area contributed by atoms with Crippen LogP contribution in [0.3, 0.4) is 0 Å². The quantitative estimate of drug-likeness (QED) is 0.456. The summed E-state index contributed by atoms with van der Waals surface area (Å²) in [6.45, 7) is 0.423. The second-order valence-corrected chi connectivity index (χ2v) is 7.20. The Morgan fingerprint density at radius 3 is 2.27 bits per heavy atom. The van der Waals surface area contributed by atoms with Gasteiger partial charge in [-0.1, -0.05) is 30.3 Å². The molecule has 0 saturated carbocycles. The number of hydrogen-bond donors (Lipinski definition) is 1. The van der Waals surface area contributed by atoms with Gasteiger partial charge in [-0.25, -0.2) is 4.39 Å². The molecule has 0 aliphatic carbocycles. The van der Waals surface area contributed by atoms with Crippen molar-refractivity contribution in [3.8, 4) is 22.4 Å². The van der Waals surface area contributed by atoms with Gasteiger partial charge in [0.25, 0.3) is 0 Å². The van der Waals surface area contributed by atoms with Crippen LogP contribution in [0, 0.1) is 5.82 Å². The lowest BCUT2D eigenvalue weighted by Crippen LogP contribution is -2.09. The van der Waals surface area contributed by atoms with Crippen molar-refractivity contribution in [1.29, 1.82) is 0 Å². The molecular weight excluding hydrogens is 377 g/mol. The second-order valence-electron chi connectivity index (χ2n) is 7.20. The van der Waals surface area contributed by atoms with E-state index >= 15 is 0 Å². The highest BCUT2D eigenvalue weighted by Crippen LogP contribution is 2.35. The first kappa shape index (κ1) is 20.0. The van der Waals surface area contributed by atoms with Crippen LogP contribution in [0.15, 0.2) is 79.1 Å². The van der Waals surface area contributed by atoms with E-state index < -0.39 is 0 Å². The van der Waals surface area contributed by atoms with Gasteiger partial charge in [-0.05, 0) is 66.8 Å². The lowest BCUT2D eigenvalue weighted by Gasteiger charge is -2.10. The molecule has 0 atom stereocenters. The number of rotatable bonds is 8. The van der Waals surface area contributed by atoms with Gasteiger partial charge in [0.15, 0.2) is 0 Å². The van der Waals surface area contributed by atoms with Crippen LogP contribution in [-0.4, -0.2) is 26.5 Å². The molecule has 0 spiro atoms. The smallest absolute Gasteiger partial charge is 0.123 e. The molecule has 0 bridgehead atoms. The standard InChI is InChI=1S/C25H24FN3O/c26-22-11-9-21(10-12-22)25-24(20-13-15-27-16-14-20)23(29(28-25)17-18-30)8-4-7-19-5-2-1-3-6-19/h1-3,5-6,9-16,30H,4,7-8,17-18H2. The minimum atomic E-state index is -0.276. The van der Waals surface area contributed by atoms with Gasteiger partial charge in [0.05, 0.1) is 13.2 Å². The van der Waals surface area contributed by atoms with Gasteiger partial charge >= 0.3 is 0 Å². The van der Waals surface area contributed by atoms with Crippen LogP contribution in [-0.2, 0) is 19.4 Å². The average molecular weight is 401 g/mol. The van der Waals surface area contributed by atoms with Gasteiger partial charge in [-0.3, -0.25) is 9.67 Å². The first-order chi connectivity index (χ1) is 14.8. The Morgan fingerprint density at radius 1 is 0.833 bits per heavy atom. The summed E-state index contributed by atoms with van der Waals surface area (Å²) >= 11 is 0. The maximum Gasteiger partial charge on any atom is 0.123 e. The molecule has 152 valence electrons. The van der Waals surface area contributed by atoms with Crippen molar-refractivity contribution in [3.63, 3.8) is 0 Å². The zero-order chi connectivity index (χ0) is 20.8. The average Bonchev–Trinajstić information content (AvgIpc) is 3.14. The SMILES string of the molecule is OCCn1nc(-c2ccc(F)cc2)c(-c2ccncc2)c1CCCc1ccccc1. The molecule has 4 aromatic rings. The summed E-state index contributed by atoms with van der Waals surface area (Å²) in [7, 11) is 0. The highest BCUT2D eigenvalue weighted by Gasteiger charge is 2.20. The van der Waals surface area contributed by atoms with Gasteiger partial charge in [-0.15, -0.1) is 0 Å². The van der Waals surface area contributed by atoms with E-state index in [9.17, 15) is 9.50 Å². The summed E-state index contributed by atoms with van der Waals surface area (Å²) in [6.07, 6.45) is 6.28. The van der Waals surface area contributed by atoms with E-state index in [1.54, 1.807) is 24.5 Å². The Balaban J connectivity index is 1.75. The number of aliphatic hydroxyl groups is 1. The van der Waals surface area contributed by atoms with Crippen molar-refractivity contribution in [2.24, 2.45) is 0 Å². The molecule has 4 nitrogen and oxygen atoms in total. The summed E-state index contributed by atoms with van der Waals surface area (Å²) in [5, 5.41) is 14.4. The van der Waals surface area contributed by atoms with Crippen molar-refractivity contribution in [1.82, 2.24) is 14.8 Å². The Morgan fingerprint density at radius 2 is 1.57 bits per heavy atom. The van der Waals surface area contributed by atoms with Gasteiger partial charge < -0.3 is 5.11 Å². The molecule has 0 aliphatic rings. The van der Waals surface area contributed by atoms with Crippen LogP contribution in [0.5, 0.6) is 0 Å². The normalized spacial score (nSPS) is 11.0. The summed E-state index contributed by atoms with van der Waals surface area (Å²) in [5.41, 5.74) is 6.06. The van der Waals surface area contributed by atoms with E-state index in [-0.39, 0.29) is 12.4 Å². The molecule has 1 N–H and O–H groups in total. The third-order valence-corrected chi connectivity index (χ3v) is 5.18. The first-order valence-electron chi connectivity index (χ1n) is 10.2. The summed E-state index contributed by atoms with van der Waals surface area (Å²) in [6, 6.07) is 20.7. The topological polar surface area (TPSA) is 50.9 Å². The summed E-state index contributed by atoms with van der Waals surface area (Å²) in [5.74, 6) is -0.276. The van der Waals surface area contributed by atoms with E-state index in [2.05, 4.69) is 29.2 Å². The van der Waals surface area contributed by atoms with Crippen LogP contribution in [0.1, 0.15) is 17.7 Å². The van der Waals surface area contributed by atoms with Crippen LogP contribution in [0.25, 0.3) is 22.4 Å². The number of aryl methyl sites for hydroxylation is 1. The monoisotopic (exact) mass is 401 g/mol. The molecule has 0 radical (unpaired) electrons. The van der Waals surface area contributed by atoms with E-state index in [4.69, 9.17) is 5.10 Å². The van der Waals surface area contributed by atoms with Crippen LogP contribution in [0.2, 0.25) is 0 Å². The predicted molar refractivity (Wildman–Crippen MR) is 116 cm³/mol. The minimum Gasteiger partial charge on any atom is -0.394 e. The fourth-order valence-electron chi connectivity index (χ4n) is 3.77. The summed E-state index contributed by atoms with van der Waals surface area (Å²) < 4.78 is 15.4. The maximum absolute atomic E-state index is 13.5. The van der Waals surface area contributed by atoms with Gasteiger partial charge in [0.2, 0.25) is 0 Å². The molecule has 0 unspecified atom stereocenters. The van der Waals surface area contributed by atoms with Crippen LogP contribution in [0.4, 0.5) is 4.39 Å². The lowest BCUT2D eigenvalue weighted by atomic mass is 9.96. The number of halogens is 1. The molecule has 0 fully saturated rings. The van der Waals surface area contributed by atoms with Gasteiger partial charge in [0, 0.05) is 29.2 Å². The number of nitrogens with zero attached hydrogens (tertiary/aromatic N) is 3. The third kappa shape index (κ3) is 4.47. The number of aliphatic hydroxyl groups excluding tert-OH is 1. The molecule has 2 aromatic carbocycles. The molecule has 0 saturated heterocycles. The molecular formula is C25H24FN3O. The van der Waals surface area contributed by atoms with Crippen molar-refractivity contribution in [2.45, 2.75) is 25.8 Å². The maximum atomic E-state index is 13.5. The Bertz CT molecular complexity index is 1080. The van der Waals surface area contributed by atoms with Crippen molar-refractivity contribution in [2.75, 3.05) is 6.61 Å². The van der Waals surface area contributed by atoms with Crippen molar-refractivity contribution >= 4 is 0 Å².